The molecule has 0 aliphatic carbocycles. The Labute approximate surface area is 157 Å². The summed E-state index contributed by atoms with van der Waals surface area (Å²) in [6.07, 6.45) is 5.41. The quantitative estimate of drug-likeness (QED) is 0.777. The molecule has 1 fully saturated rings. The zero-order chi connectivity index (χ0) is 18.8. The van der Waals surface area contributed by atoms with Crippen LogP contribution in [0, 0.1) is 12.8 Å². The molecule has 2 amide bonds. The van der Waals surface area contributed by atoms with Crippen LogP contribution in [-0.2, 0) is 9.59 Å². The fourth-order valence-corrected chi connectivity index (χ4v) is 3.30. The molecule has 1 aliphatic heterocycles. The molecular formula is C21H20N4O2. The molecule has 4 rings (SSSR count). The third kappa shape index (κ3) is 3.46. The Morgan fingerprint density at radius 2 is 1.93 bits per heavy atom. The van der Waals surface area contributed by atoms with Gasteiger partial charge in [-0.1, -0.05) is 29.8 Å². The number of anilines is 2. The molecular weight excluding hydrogens is 340 g/mol. The van der Waals surface area contributed by atoms with E-state index >= 15 is 0 Å². The summed E-state index contributed by atoms with van der Waals surface area (Å²) < 4.78 is 1.84. The van der Waals surface area contributed by atoms with Gasteiger partial charge in [-0.25, -0.2) is 4.98 Å². The van der Waals surface area contributed by atoms with Gasteiger partial charge in [-0.2, -0.15) is 0 Å². The van der Waals surface area contributed by atoms with E-state index in [1.54, 1.807) is 17.4 Å². The van der Waals surface area contributed by atoms with Crippen LogP contribution in [0.25, 0.3) is 5.69 Å². The van der Waals surface area contributed by atoms with Crippen LogP contribution in [0.1, 0.15) is 12.0 Å². The van der Waals surface area contributed by atoms with Crippen molar-refractivity contribution in [3.8, 4) is 5.69 Å². The maximum absolute atomic E-state index is 12.8. The molecule has 6 heteroatoms. The molecule has 1 aromatic heterocycles. The fourth-order valence-electron chi connectivity index (χ4n) is 3.30. The number of aryl methyl sites for hydroxylation is 1. The summed E-state index contributed by atoms with van der Waals surface area (Å²) in [5.41, 5.74) is 3.50. The van der Waals surface area contributed by atoms with Gasteiger partial charge in [0, 0.05) is 31.0 Å². The van der Waals surface area contributed by atoms with E-state index in [0.717, 1.165) is 16.9 Å². The average molecular weight is 360 g/mol. The predicted molar refractivity (Wildman–Crippen MR) is 104 cm³/mol. The summed E-state index contributed by atoms with van der Waals surface area (Å²) in [7, 11) is 0. The first-order valence-electron chi connectivity index (χ1n) is 8.87. The van der Waals surface area contributed by atoms with Gasteiger partial charge in [0.25, 0.3) is 0 Å². The maximum atomic E-state index is 12.8. The minimum Gasteiger partial charge on any atom is -0.324 e. The van der Waals surface area contributed by atoms with Crippen LogP contribution in [0.3, 0.4) is 0 Å². The summed E-state index contributed by atoms with van der Waals surface area (Å²) in [6.45, 7) is 2.39. The van der Waals surface area contributed by atoms with E-state index in [1.165, 1.54) is 0 Å². The number of amides is 2. The highest BCUT2D eigenvalue weighted by Gasteiger charge is 2.35. The van der Waals surface area contributed by atoms with Crippen molar-refractivity contribution in [1.29, 1.82) is 0 Å². The van der Waals surface area contributed by atoms with Gasteiger partial charge in [0.05, 0.1) is 23.6 Å². The molecule has 0 saturated carbocycles. The first-order valence-corrected chi connectivity index (χ1v) is 8.87. The second-order valence-electron chi connectivity index (χ2n) is 6.72. The summed E-state index contributed by atoms with van der Waals surface area (Å²) in [4.78, 5) is 31.0. The molecule has 0 radical (unpaired) electrons. The van der Waals surface area contributed by atoms with E-state index in [1.807, 2.05) is 66.2 Å². The average Bonchev–Trinajstić information content (AvgIpc) is 3.33. The number of nitrogens with zero attached hydrogens (tertiary/aromatic N) is 3. The van der Waals surface area contributed by atoms with Crippen LogP contribution < -0.4 is 10.2 Å². The molecule has 1 unspecified atom stereocenters. The van der Waals surface area contributed by atoms with Crippen molar-refractivity contribution in [2.45, 2.75) is 13.3 Å². The third-order valence-corrected chi connectivity index (χ3v) is 4.79. The van der Waals surface area contributed by atoms with Crippen molar-refractivity contribution in [3.63, 3.8) is 0 Å². The Kier molecular flexibility index (Phi) is 4.46. The number of nitrogens with one attached hydrogen (secondary N) is 1. The Hall–Kier alpha value is -3.41. The van der Waals surface area contributed by atoms with E-state index in [-0.39, 0.29) is 24.2 Å². The topological polar surface area (TPSA) is 67.2 Å². The van der Waals surface area contributed by atoms with Gasteiger partial charge in [-0.15, -0.1) is 0 Å². The van der Waals surface area contributed by atoms with E-state index in [9.17, 15) is 9.59 Å². The van der Waals surface area contributed by atoms with Crippen molar-refractivity contribution in [1.82, 2.24) is 9.55 Å². The number of hydrogen-bond donors (Lipinski definition) is 1. The molecule has 27 heavy (non-hydrogen) atoms. The van der Waals surface area contributed by atoms with Crippen LogP contribution >= 0.6 is 0 Å². The molecule has 1 atom stereocenters. The number of rotatable bonds is 4. The number of benzene rings is 2. The van der Waals surface area contributed by atoms with E-state index < -0.39 is 0 Å². The van der Waals surface area contributed by atoms with E-state index in [2.05, 4.69) is 10.3 Å². The lowest BCUT2D eigenvalue weighted by Crippen LogP contribution is -2.28. The molecule has 1 N–H and O–H groups in total. The smallest absolute Gasteiger partial charge is 0.229 e. The standard InChI is InChI=1S/C21H20N4O2/c1-15-6-8-17(9-7-15)25-13-16(12-20(25)26)21(27)23-18-4-2-3-5-19(18)24-11-10-22-14-24/h2-11,14,16H,12-13H2,1H3,(H,23,27). The van der Waals surface area contributed by atoms with Gasteiger partial charge in [0.15, 0.2) is 0 Å². The highest BCUT2D eigenvalue weighted by atomic mass is 16.2. The second kappa shape index (κ2) is 7.07. The Morgan fingerprint density at radius 3 is 2.67 bits per heavy atom. The maximum Gasteiger partial charge on any atom is 0.229 e. The molecule has 136 valence electrons. The van der Waals surface area contributed by atoms with Gasteiger partial charge in [-0.3, -0.25) is 9.59 Å². The highest BCUT2D eigenvalue weighted by molar-refractivity contribution is 6.04. The largest absolute Gasteiger partial charge is 0.324 e. The highest BCUT2D eigenvalue weighted by Crippen LogP contribution is 2.27. The number of para-hydroxylation sites is 2. The monoisotopic (exact) mass is 360 g/mol. The summed E-state index contributed by atoms with van der Waals surface area (Å²) in [5.74, 6) is -0.554. The van der Waals surface area contributed by atoms with Gasteiger partial charge in [-0.05, 0) is 31.2 Å². The summed E-state index contributed by atoms with van der Waals surface area (Å²) in [5, 5.41) is 2.98. The Bertz CT molecular complexity index is 964. The lowest BCUT2D eigenvalue weighted by molar-refractivity contribution is -0.122. The third-order valence-electron chi connectivity index (χ3n) is 4.79. The molecule has 2 heterocycles. The first kappa shape index (κ1) is 17.0. The molecule has 2 aromatic carbocycles. The van der Waals surface area contributed by atoms with Gasteiger partial charge in [0.2, 0.25) is 11.8 Å². The van der Waals surface area contributed by atoms with Gasteiger partial charge in [0.1, 0.15) is 0 Å². The predicted octanol–water partition coefficient (Wildman–Crippen LogP) is 3.17. The fraction of sp³-hybridized carbons (Fsp3) is 0.190. The number of hydrogen-bond acceptors (Lipinski definition) is 3. The first-order chi connectivity index (χ1) is 13.1. The lowest BCUT2D eigenvalue weighted by atomic mass is 10.1. The van der Waals surface area contributed by atoms with Crippen LogP contribution in [0.15, 0.2) is 67.3 Å². The van der Waals surface area contributed by atoms with Crippen LogP contribution in [0.5, 0.6) is 0 Å². The molecule has 0 bridgehead atoms. The van der Waals surface area contributed by atoms with Gasteiger partial charge >= 0.3 is 0 Å². The number of carbonyl (C=O) groups is 2. The summed E-state index contributed by atoms with van der Waals surface area (Å²) in [6, 6.07) is 15.3. The minimum absolute atomic E-state index is 0.0260. The lowest BCUT2D eigenvalue weighted by Gasteiger charge is -2.17. The van der Waals surface area contributed by atoms with Crippen LogP contribution in [0.2, 0.25) is 0 Å². The molecule has 1 aliphatic rings. The zero-order valence-corrected chi connectivity index (χ0v) is 15.0. The van der Waals surface area contributed by atoms with Crippen LogP contribution in [0.4, 0.5) is 11.4 Å². The van der Waals surface area contributed by atoms with Crippen molar-refractivity contribution in [2.75, 3.05) is 16.8 Å². The Morgan fingerprint density at radius 1 is 1.15 bits per heavy atom. The second-order valence-corrected chi connectivity index (χ2v) is 6.72. The molecule has 3 aromatic rings. The van der Waals surface area contributed by atoms with Crippen molar-refractivity contribution >= 4 is 23.2 Å². The van der Waals surface area contributed by atoms with Crippen molar-refractivity contribution in [3.05, 3.63) is 72.8 Å². The SMILES string of the molecule is Cc1ccc(N2CC(C(=O)Nc3ccccc3-n3ccnc3)CC2=O)cc1. The van der Waals surface area contributed by atoms with E-state index in [0.29, 0.717) is 12.2 Å². The molecule has 0 spiro atoms. The van der Waals surface area contributed by atoms with Crippen LogP contribution in [-0.4, -0.2) is 27.9 Å². The van der Waals surface area contributed by atoms with Gasteiger partial charge < -0.3 is 14.8 Å². The number of imidazole rings is 1. The van der Waals surface area contributed by atoms with E-state index in [4.69, 9.17) is 0 Å². The van der Waals surface area contributed by atoms with Crippen molar-refractivity contribution in [2.24, 2.45) is 5.92 Å². The zero-order valence-electron chi connectivity index (χ0n) is 15.0. The normalized spacial score (nSPS) is 16.6. The van der Waals surface area contributed by atoms with Crippen molar-refractivity contribution < 1.29 is 9.59 Å². The number of carbonyl (C=O) groups excluding carboxylic acids is 2. The summed E-state index contributed by atoms with van der Waals surface area (Å²) >= 11 is 0. The molecule has 1 saturated heterocycles. The Balaban J connectivity index is 1.50. The number of aromatic nitrogens is 2. The molecule has 6 nitrogen and oxygen atoms in total. The minimum atomic E-state index is -0.380.